The lowest BCUT2D eigenvalue weighted by atomic mass is 9.97. The summed E-state index contributed by atoms with van der Waals surface area (Å²) in [5.41, 5.74) is 0.779. The van der Waals surface area contributed by atoms with E-state index < -0.39 is 0 Å². The van der Waals surface area contributed by atoms with Crippen LogP contribution >= 0.6 is 0 Å². The molecular weight excluding hydrogens is 318 g/mol. The molecule has 2 aliphatic rings. The fourth-order valence-corrected chi connectivity index (χ4v) is 3.65. The lowest BCUT2D eigenvalue weighted by molar-refractivity contribution is 0.0252. The molecule has 0 aromatic carbocycles. The van der Waals surface area contributed by atoms with Crippen molar-refractivity contribution in [1.29, 1.82) is 0 Å². The molecule has 7 nitrogen and oxygen atoms in total. The maximum atomic E-state index is 12.6. The Labute approximate surface area is 150 Å². The van der Waals surface area contributed by atoms with E-state index in [1.165, 1.54) is 6.42 Å². The third-order valence-electron chi connectivity index (χ3n) is 4.86. The number of aromatic nitrogens is 2. The van der Waals surface area contributed by atoms with Crippen molar-refractivity contribution in [2.45, 2.75) is 33.2 Å². The van der Waals surface area contributed by atoms with Gasteiger partial charge in [-0.05, 0) is 24.7 Å². The summed E-state index contributed by atoms with van der Waals surface area (Å²) in [6.07, 6.45) is 5.92. The first kappa shape index (κ1) is 18.2. The van der Waals surface area contributed by atoms with E-state index in [1.54, 1.807) is 6.20 Å². The highest BCUT2D eigenvalue weighted by Crippen LogP contribution is 2.19. The molecule has 2 fully saturated rings. The van der Waals surface area contributed by atoms with Crippen LogP contribution in [0.2, 0.25) is 0 Å². The molecule has 2 saturated heterocycles. The molecule has 1 atom stereocenters. The molecule has 25 heavy (non-hydrogen) atoms. The van der Waals surface area contributed by atoms with E-state index in [-0.39, 0.29) is 6.03 Å². The third kappa shape index (κ3) is 5.44. The molecule has 1 aromatic heterocycles. The molecular formula is C18H31N5O2. The Balaban J connectivity index is 1.48. The average Bonchev–Trinajstić information content (AvgIpc) is 3.02. The summed E-state index contributed by atoms with van der Waals surface area (Å²) < 4.78 is 7.30. The highest BCUT2D eigenvalue weighted by molar-refractivity contribution is 5.89. The number of rotatable bonds is 5. The minimum absolute atomic E-state index is 0.00391. The molecule has 3 rings (SSSR count). The van der Waals surface area contributed by atoms with Gasteiger partial charge in [-0.1, -0.05) is 13.8 Å². The number of nitrogens with zero attached hydrogens (tertiary/aromatic N) is 4. The summed E-state index contributed by atoms with van der Waals surface area (Å²) in [6.45, 7) is 11.6. The normalized spacial score (nSPS) is 22.4. The Morgan fingerprint density at radius 2 is 2.16 bits per heavy atom. The standard InChI is InChI=1S/C18H31N5O2/c1-15(2)11-23-14-17(10-19-23)20-18(24)22-5-3-4-16(13-22)12-21-6-8-25-9-7-21/h10,14-16H,3-9,11-13H2,1-2H3,(H,20,24). The topological polar surface area (TPSA) is 62.6 Å². The van der Waals surface area contributed by atoms with Gasteiger partial charge in [-0.25, -0.2) is 4.79 Å². The smallest absolute Gasteiger partial charge is 0.321 e. The van der Waals surface area contributed by atoms with E-state index >= 15 is 0 Å². The number of carbonyl (C=O) groups excluding carboxylic acids is 1. The number of amides is 2. The number of hydrogen-bond donors (Lipinski definition) is 1. The maximum absolute atomic E-state index is 12.6. The molecule has 0 saturated carbocycles. The molecule has 0 aliphatic carbocycles. The SMILES string of the molecule is CC(C)Cn1cc(NC(=O)N2CCCC(CN3CCOCC3)C2)cn1. The third-order valence-corrected chi connectivity index (χ3v) is 4.86. The first-order valence-electron chi connectivity index (χ1n) is 9.48. The number of urea groups is 1. The van der Waals surface area contributed by atoms with E-state index in [9.17, 15) is 4.79 Å². The van der Waals surface area contributed by atoms with Crippen molar-refractivity contribution in [1.82, 2.24) is 19.6 Å². The summed E-state index contributed by atoms with van der Waals surface area (Å²) >= 11 is 0. The van der Waals surface area contributed by atoms with Crippen LogP contribution in [0.25, 0.3) is 0 Å². The monoisotopic (exact) mass is 349 g/mol. The zero-order valence-corrected chi connectivity index (χ0v) is 15.5. The lowest BCUT2D eigenvalue weighted by Crippen LogP contribution is -2.47. The number of nitrogens with one attached hydrogen (secondary N) is 1. The largest absolute Gasteiger partial charge is 0.379 e. The van der Waals surface area contributed by atoms with Crippen molar-refractivity contribution in [3.63, 3.8) is 0 Å². The Kier molecular flexibility index (Phi) is 6.31. The minimum Gasteiger partial charge on any atom is -0.379 e. The Morgan fingerprint density at radius 1 is 1.36 bits per heavy atom. The van der Waals surface area contributed by atoms with Crippen LogP contribution in [0.15, 0.2) is 12.4 Å². The van der Waals surface area contributed by atoms with Gasteiger partial charge in [0.1, 0.15) is 0 Å². The zero-order valence-electron chi connectivity index (χ0n) is 15.5. The van der Waals surface area contributed by atoms with Crippen LogP contribution in [0.4, 0.5) is 10.5 Å². The molecule has 2 aliphatic heterocycles. The van der Waals surface area contributed by atoms with Crippen molar-refractivity contribution in [2.75, 3.05) is 51.3 Å². The fraction of sp³-hybridized carbons (Fsp3) is 0.778. The number of piperidine rings is 1. The summed E-state index contributed by atoms with van der Waals surface area (Å²) in [6, 6.07) is -0.00391. The van der Waals surface area contributed by atoms with Gasteiger partial charge in [0.05, 0.1) is 25.1 Å². The van der Waals surface area contributed by atoms with E-state index in [0.29, 0.717) is 11.8 Å². The van der Waals surface area contributed by atoms with Gasteiger partial charge < -0.3 is 15.0 Å². The molecule has 3 heterocycles. The number of morpholine rings is 1. The molecule has 0 spiro atoms. The summed E-state index contributed by atoms with van der Waals surface area (Å²) in [5, 5.41) is 7.31. The predicted octanol–water partition coefficient (Wildman–Crippen LogP) is 2.12. The van der Waals surface area contributed by atoms with Crippen LogP contribution in [-0.2, 0) is 11.3 Å². The predicted molar refractivity (Wildman–Crippen MR) is 97.6 cm³/mol. The van der Waals surface area contributed by atoms with E-state index in [4.69, 9.17) is 4.74 Å². The van der Waals surface area contributed by atoms with Crippen LogP contribution in [0.5, 0.6) is 0 Å². The average molecular weight is 349 g/mol. The van der Waals surface area contributed by atoms with E-state index in [0.717, 1.165) is 64.6 Å². The number of hydrogen-bond acceptors (Lipinski definition) is 4. The van der Waals surface area contributed by atoms with Crippen LogP contribution in [0.3, 0.4) is 0 Å². The quantitative estimate of drug-likeness (QED) is 0.884. The van der Waals surface area contributed by atoms with E-state index in [2.05, 4.69) is 29.2 Å². The molecule has 0 bridgehead atoms. The number of anilines is 1. The molecule has 140 valence electrons. The number of carbonyl (C=O) groups is 1. The fourth-order valence-electron chi connectivity index (χ4n) is 3.65. The second kappa shape index (κ2) is 8.67. The van der Waals surface area contributed by atoms with Gasteiger partial charge in [0.2, 0.25) is 0 Å². The molecule has 0 radical (unpaired) electrons. The van der Waals surface area contributed by atoms with Crippen molar-refractivity contribution < 1.29 is 9.53 Å². The van der Waals surface area contributed by atoms with Crippen LogP contribution in [-0.4, -0.2) is 71.5 Å². The minimum atomic E-state index is -0.00391. The Bertz CT molecular complexity index is 553. The van der Waals surface area contributed by atoms with Gasteiger partial charge in [0.15, 0.2) is 0 Å². The van der Waals surface area contributed by atoms with Crippen molar-refractivity contribution in [2.24, 2.45) is 11.8 Å². The van der Waals surface area contributed by atoms with Gasteiger partial charge in [-0.15, -0.1) is 0 Å². The van der Waals surface area contributed by atoms with Gasteiger partial charge in [-0.2, -0.15) is 5.10 Å². The second-order valence-corrected chi connectivity index (χ2v) is 7.64. The lowest BCUT2D eigenvalue weighted by Gasteiger charge is -2.36. The van der Waals surface area contributed by atoms with Crippen molar-refractivity contribution in [3.05, 3.63) is 12.4 Å². The van der Waals surface area contributed by atoms with Gasteiger partial charge in [0, 0.05) is 45.5 Å². The maximum Gasteiger partial charge on any atom is 0.321 e. The molecule has 7 heteroatoms. The number of ether oxygens (including phenoxy) is 1. The summed E-state index contributed by atoms with van der Waals surface area (Å²) in [7, 11) is 0. The molecule has 2 amide bonds. The van der Waals surface area contributed by atoms with Gasteiger partial charge >= 0.3 is 6.03 Å². The second-order valence-electron chi connectivity index (χ2n) is 7.64. The van der Waals surface area contributed by atoms with Crippen LogP contribution in [0.1, 0.15) is 26.7 Å². The Hall–Kier alpha value is -1.60. The van der Waals surface area contributed by atoms with Crippen molar-refractivity contribution in [3.8, 4) is 0 Å². The molecule has 1 unspecified atom stereocenters. The molecule has 1 aromatic rings. The van der Waals surface area contributed by atoms with Gasteiger partial charge in [0.25, 0.3) is 0 Å². The Morgan fingerprint density at radius 3 is 2.92 bits per heavy atom. The van der Waals surface area contributed by atoms with Gasteiger partial charge in [-0.3, -0.25) is 9.58 Å². The highest BCUT2D eigenvalue weighted by Gasteiger charge is 2.26. The van der Waals surface area contributed by atoms with Crippen LogP contribution < -0.4 is 5.32 Å². The summed E-state index contributed by atoms with van der Waals surface area (Å²) in [5.74, 6) is 1.09. The first-order valence-corrected chi connectivity index (χ1v) is 9.48. The molecule has 1 N–H and O–H groups in total. The van der Waals surface area contributed by atoms with Crippen molar-refractivity contribution >= 4 is 11.7 Å². The van der Waals surface area contributed by atoms with Crippen LogP contribution in [0, 0.1) is 11.8 Å². The zero-order chi connectivity index (χ0) is 17.6. The highest BCUT2D eigenvalue weighted by atomic mass is 16.5. The number of likely N-dealkylation sites (tertiary alicyclic amines) is 1. The first-order chi connectivity index (χ1) is 12.1. The summed E-state index contributed by atoms with van der Waals surface area (Å²) in [4.78, 5) is 17.0. The van der Waals surface area contributed by atoms with E-state index in [1.807, 2.05) is 15.8 Å².